The highest BCUT2D eigenvalue weighted by molar-refractivity contribution is 6.17. The molecule has 1 aromatic rings. The van der Waals surface area contributed by atoms with E-state index in [9.17, 15) is 18.3 Å². The summed E-state index contributed by atoms with van der Waals surface area (Å²) in [5.41, 5.74) is 1.61. The first-order valence-corrected chi connectivity index (χ1v) is 6.63. The first-order valence-electron chi connectivity index (χ1n) is 6.10. The average molecular weight is 294 g/mol. The Bertz CT molecular complexity index is 421. The van der Waals surface area contributed by atoms with Crippen molar-refractivity contribution >= 4 is 17.3 Å². The molecular weight excluding hydrogens is 279 g/mol. The minimum Gasteiger partial charge on any atom is -0.382 e. The minimum atomic E-state index is -4.58. The largest absolute Gasteiger partial charge is 0.416 e. The SMILES string of the molecule is O[C@H]([C@H]1CCCN1c1ccc(CCl)cc1)C(F)(F)F. The van der Waals surface area contributed by atoms with Crippen LogP contribution in [0.1, 0.15) is 18.4 Å². The fraction of sp³-hybridized carbons (Fsp3) is 0.538. The van der Waals surface area contributed by atoms with Gasteiger partial charge in [-0.1, -0.05) is 12.1 Å². The van der Waals surface area contributed by atoms with E-state index in [1.807, 2.05) is 0 Å². The van der Waals surface area contributed by atoms with Gasteiger partial charge < -0.3 is 10.0 Å². The molecule has 0 saturated carbocycles. The van der Waals surface area contributed by atoms with Crippen LogP contribution in [0.15, 0.2) is 24.3 Å². The fourth-order valence-electron chi connectivity index (χ4n) is 2.44. The molecule has 0 bridgehead atoms. The zero-order valence-corrected chi connectivity index (χ0v) is 11.0. The smallest absolute Gasteiger partial charge is 0.382 e. The lowest BCUT2D eigenvalue weighted by atomic mass is 10.1. The first kappa shape index (κ1) is 14.5. The van der Waals surface area contributed by atoms with Gasteiger partial charge in [0.05, 0.1) is 6.04 Å². The summed E-state index contributed by atoms with van der Waals surface area (Å²) in [7, 11) is 0. The van der Waals surface area contributed by atoms with Crippen LogP contribution >= 0.6 is 11.6 Å². The molecule has 106 valence electrons. The van der Waals surface area contributed by atoms with Crippen LogP contribution in [0.5, 0.6) is 0 Å². The van der Waals surface area contributed by atoms with Crippen LogP contribution in [0.25, 0.3) is 0 Å². The Morgan fingerprint density at radius 1 is 1.32 bits per heavy atom. The second-order valence-corrected chi connectivity index (χ2v) is 4.96. The maximum atomic E-state index is 12.6. The summed E-state index contributed by atoms with van der Waals surface area (Å²) in [6, 6.07) is 6.18. The predicted molar refractivity (Wildman–Crippen MR) is 68.4 cm³/mol. The quantitative estimate of drug-likeness (QED) is 0.864. The van der Waals surface area contributed by atoms with Gasteiger partial charge >= 0.3 is 6.18 Å². The Labute approximate surface area is 114 Å². The van der Waals surface area contributed by atoms with E-state index in [0.29, 0.717) is 31.0 Å². The highest BCUT2D eigenvalue weighted by Crippen LogP contribution is 2.33. The predicted octanol–water partition coefficient (Wildman–Crippen LogP) is 3.32. The number of alkyl halides is 4. The lowest BCUT2D eigenvalue weighted by Crippen LogP contribution is -2.47. The molecule has 6 heteroatoms. The molecule has 1 fully saturated rings. The van der Waals surface area contributed by atoms with Crippen LogP contribution in [-0.2, 0) is 5.88 Å². The van der Waals surface area contributed by atoms with E-state index in [2.05, 4.69) is 0 Å². The van der Waals surface area contributed by atoms with Crippen molar-refractivity contribution < 1.29 is 18.3 Å². The molecule has 0 spiro atoms. The van der Waals surface area contributed by atoms with Crippen molar-refractivity contribution in [2.75, 3.05) is 11.4 Å². The van der Waals surface area contributed by atoms with Crippen LogP contribution < -0.4 is 4.90 Å². The third kappa shape index (κ3) is 3.15. The molecule has 2 atom stereocenters. The van der Waals surface area contributed by atoms with Gasteiger partial charge in [0.2, 0.25) is 0 Å². The third-order valence-electron chi connectivity index (χ3n) is 3.42. The zero-order valence-electron chi connectivity index (χ0n) is 10.2. The van der Waals surface area contributed by atoms with Crippen molar-refractivity contribution in [3.63, 3.8) is 0 Å². The van der Waals surface area contributed by atoms with E-state index in [4.69, 9.17) is 11.6 Å². The zero-order chi connectivity index (χ0) is 14.0. The topological polar surface area (TPSA) is 23.5 Å². The van der Waals surface area contributed by atoms with Crippen molar-refractivity contribution in [1.82, 2.24) is 0 Å². The van der Waals surface area contributed by atoms with Crippen molar-refractivity contribution in [1.29, 1.82) is 0 Å². The molecule has 0 radical (unpaired) electrons. The van der Waals surface area contributed by atoms with Crippen LogP contribution in [0, 0.1) is 0 Å². The highest BCUT2D eigenvalue weighted by Gasteiger charge is 2.47. The van der Waals surface area contributed by atoms with Crippen LogP contribution in [0.3, 0.4) is 0 Å². The van der Waals surface area contributed by atoms with Crippen LogP contribution in [0.4, 0.5) is 18.9 Å². The molecule has 0 aromatic heterocycles. The van der Waals surface area contributed by atoms with Gasteiger partial charge in [-0.15, -0.1) is 11.6 Å². The summed E-state index contributed by atoms with van der Waals surface area (Å²) in [6.07, 6.45) is -5.89. The Morgan fingerprint density at radius 3 is 2.47 bits per heavy atom. The molecule has 1 aromatic carbocycles. The Balaban J connectivity index is 2.18. The summed E-state index contributed by atoms with van der Waals surface area (Å²) in [6.45, 7) is 0.526. The molecule has 1 aliphatic heterocycles. The summed E-state index contributed by atoms with van der Waals surface area (Å²) in [4.78, 5) is 1.62. The summed E-state index contributed by atoms with van der Waals surface area (Å²) in [5, 5.41) is 9.43. The van der Waals surface area contributed by atoms with Gasteiger partial charge in [0.1, 0.15) is 0 Å². The van der Waals surface area contributed by atoms with E-state index in [-0.39, 0.29) is 0 Å². The van der Waals surface area contributed by atoms with Gasteiger partial charge in [-0.25, -0.2) is 0 Å². The minimum absolute atomic E-state index is 0.345. The number of nitrogens with zero attached hydrogens (tertiary/aromatic N) is 1. The maximum absolute atomic E-state index is 12.6. The van der Waals surface area contributed by atoms with Crippen LogP contribution in [-0.4, -0.2) is 30.0 Å². The standard InChI is InChI=1S/C13H15ClF3NO/c14-8-9-3-5-10(6-4-9)18-7-1-2-11(18)12(19)13(15,16)17/h3-6,11-12,19H,1-2,7-8H2/t11-,12-/m1/s1. The molecule has 0 unspecified atom stereocenters. The second-order valence-electron chi connectivity index (χ2n) is 4.69. The van der Waals surface area contributed by atoms with Gasteiger partial charge in [0, 0.05) is 18.1 Å². The Hall–Kier alpha value is -0.940. The lowest BCUT2D eigenvalue weighted by Gasteiger charge is -2.31. The van der Waals surface area contributed by atoms with Crippen molar-refractivity contribution in [2.24, 2.45) is 0 Å². The summed E-state index contributed by atoms with van der Waals surface area (Å²) >= 11 is 5.68. The fourth-order valence-corrected chi connectivity index (χ4v) is 2.61. The van der Waals surface area contributed by atoms with E-state index < -0.39 is 18.3 Å². The normalized spacial score (nSPS) is 21.7. The molecule has 0 aliphatic carbocycles. The number of rotatable bonds is 3. The molecular formula is C13H15ClF3NO. The number of anilines is 1. The molecule has 19 heavy (non-hydrogen) atoms. The Kier molecular flexibility index (Phi) is 4.26. The number of aliphatic hydroxyl groups excluding tert-OH is 1. The van der Waals surface area contributed by atoms with E-state index in [1.54, 1.807) is 29.2 Å². The molecule has 1 heterocycles. The number of halogens is 4. The van der Waals surface area contributed by atoms with Crippen molar-refractivity contribution in [3.05, 3.63) is 29.8 Å². The molecule has 1 saturated heterocycles. The lowest BCUT2D eigenvalue weighted by molar-refractivity contribution is -0.209. The molecule has 2 nitrogen and oxygen atoms in total. The van der Waals surface area contributed by atoms with Crippen LogP contribution in [0.2, 0.25) is 0 Å². The van der Waals surface area contributed by atoms with Gasteiger partial charge in [0.15, 0.2) is 6.10 Å². The van der Waals surface area contributed by atoms with Gasteiger partial charge in [-0.3, -0.25) is 0 Å². The van der Waals surface area contributed by atoms with E-state index in [0.717, 1.165) is 5.56 Å². The summed E-state index contributed by atoms with van der Waals surface area (Å²) < 4.78 is 37.8. The number of benzene rings is 1. The number of hydrogen-bond donors (Lipinski definition) is 1. The van der Waals surface area contributed by atoms with Crippen molar-refractivity contribution in [2.45, 2.75) is 37.0 Å². The van der Waals surface area contributed by atoms with E-state index >= 15 is 0 Å². The number of hydrogen-bond acceptors (Lipinski definition) is 2. The summed E-state index contributed by atoms with van der Waals surface area (Å²) in [5.74, 6) is 0.370. The monoisotopic (exact) mass is 293 g/mol. The van der Waals surface area contributed by atoms with Gasteiger partial charge in [-0.05, 0) is 30.5 Å². The van der Waals surface area contributed by atoms with Gasteiger partial charge in [-0.2, -0.15) is 13.2 Å². The number of aliphatic hydroxyl groups is 1. The molecule has 2 rings (SSSR count). The molecule has 1 N–H and O–H groups in total. The molecule has 1 aliphatic rings. The first-order chi connectivity index (χ1) is 8.93. The third-order valence-corrected chi connectivity index (χ3v) is 3.73. The van der Waals surface area contributed by atoms with E-state index in [1.165, 1.54) is 0 Å². The highest BCUT2D eigenvalue weighted by atomic mass is 35.5. The molecule has 0 amide bonds. The van der Waals surface area contributed by atoms with Crippen molar-refractivity contribution in [3.8, 4) is 0 Å². The van der Waals surface area contributed by atoms with Gasteiger partial charge in [0.25, 0.3) is 0 Å². The Morgan fingerprint density at radius 2 is 1.95 bits per heavy atom. The second kappa shape index (κ2) is 5.59. The average Bonchev–Trinajstić information content (AvgIpc) is 2.85. The maximum Gasteiger partial charge on any atom is 0.416 e.